The summed E-state index contributed by atoms with van der Waals surface area (Å²) in [5.74, 6) is 10.9. The van der Waals surface area contributed by atoms with Crippen molar-refractivity contribution in [3.63, 3.8) is 0 Å². The average molecular weight is 1850 g/mol. The molecule has 8 aromatic heterocycles. The summed E-state index contributed by atoms with van der Waals surface area (Å²) in [6.07, 6.45) is 17.8. The zero-order chi connectivity index (χ0) is 89.4. The molecule has 0 atom stereocenters. The maximum atomic E-state index is 12.2. The molecule has 4 aliphatic heterocycles. The number of halogens is 1. The number of nitrogens with one attached hydrogen (secondary N) is 9. The molecule has 4 saturated heterocycles. The van der Waals surface area contributed by atoms with Crippen LogP contribution in [-0.2, 0) is 44.9 Å². The predicted molar refractivity (Wildman–Crippen MR) is 511 cm³/mol. The van der Waals surface area contributed by atoms with E-state index in [-0.39, 0.29) is 12.0 Å². The number of carbonyl (C=O) groups is 4. The minimum atomic E-state index is -0.244. The monoisotopic (exact) mass is 1840 g/mol. The highest BCUT2D eigenvalue weighted by Crippen LogP contribution is 2.40. The van der Waals surface area contributed by atoms with E-state index >= 15 is 0 Å². The Balaban J connectivity index is 0.000000122. The van der Waals surface area contributed by atoms with Crippen molar-refractivity contribution >= 4 is 146 Å². The topological polar surface area (TPSA) is 379 Å². The van der Waals surface area contributed by atoms with Crippen LogP contribution in [0.15, 0.2) is 186 Å². The largest absolute Gasteiger partial charge is 0.393 e. The van der Waals surface area contributed by atoms with E-state index < -0.39 is 0 Å². The summed E-state index contributed by atoms with van der Waals surface area (Å²) in [4.78, 5) is 99.6. The molecule has 4 aliphatic carbocycles. The smallest absolute Gasteiger partial charge is 0.196 e. The zero-order valence-electron chi connectivity index (χ0n) is 73.6. The fourth-order valence-corrected chi connectivity index (χ4v) is 19.2. The molecule has 0 unspecified atom stereocenters. The van der Waals surface area contributed by atoms with E-state index in [0.29, 0.717) is 122 Å². The molecule has 0 bridgehead atoms. The van der Waals surface area contributed by atoms with Gasteiger partial charge in [0.15, 0.2) is 43.9 Å². The number of carbonyl (C=O) groups excluding carboxylic acids is 4. The Bertz CT molecular complexity index is 5830. The first-order chi connectivity index (χ1) is 63.3. The normalized spacial score (nSPS) is 16.6. The maximum Gasteiger partial charge on any atom is 0.196 e. The second kappa shape index (κ2) is 43.3. The molecule has 0 spiro atoms. The van der Waals surface area contributed by atoms with Gasteiger partial charge in [0.05, 0.1) is 6.10 Å². The number of nitrogens with zero attached hydrogens (tertiary/aromatic N) is 16. The number of Topliss-reactive ketones (excluding diaryl/α,β-unsaturated/α-hetero) is 4. The number of hydrogen-bond donors (Lipinski definition) is 10. The van der Waals surface area contributed by atoms with Crippen LogP contribution in [0.25, 0.3) is 0 Å². The molecule has 12 aromatic rings. The fourth-order valence-electron chi connectivity index (χ4n) is 15.9. The highest BCUT2D eigenvalue weighted by Gasteiger charge is 2.34. The molecule has 130 heavy (non-hydrogen) atoms. The fraction of sp³-hybridized carbons (Fsp3) is 0.411. The van der Waals surface area contributed by atoms with Crippen LogP contribution in [0.5, 0.6) is 0 Å². The van der Waals surface area contributed by atoms with Crippen LogP contribution in [0.3, 0.4) is 0 Å². The van der Waals surface area contributed by atoms with Crippen molar-refractivity contribution < 1.29 is 24.3 Å². The summed E-state index contributed by atoms with van der Waals surface area (Å²) < 4.78 is 0. The lowest BCUT2D eigenvalue weighted by molar-refractivity contribution is -0.120. The quantitative estimate of drug-likeness (QED) is 0.0138. The molecule has 35 heteroatoms. The third kappa shape index (κ3) is 27.1. The number of aromatic nitrogens is 16. The second-order valence-electron chi connectivity index (χ2n) is 34.7. The number of hydrogen-bond acceptors (Lipinski definition) is 30. The third-order valence-electron chi connectivity index (χ3n) is 23.7. The van der Waals surface area contributed by atoms with Crippen LogP contribution in [0.4, 0.5) is 64.0 Å². The van der Waals surface area contributed by atoms with Crippen molar-refractivity contribution in [2.24, 2.45) is 23.7 Å². The highest BCUT2D eigenvalue weighted by molar-refractivity contribution is 7.99. The first-order valence-electron chi connectivity index (χ1n) is 45.2. The van der Waals surface area contributed by atoms with Crippen molar-refractivity contribution in [2.45, 2.75) is 202 Å². The van der Waals surface area contributed by atoms with Gasteiger partial charge in [0.2, 0.25) is 0 Å². The molecule has 8 fully saturated rings. The van der Waals surface area contributed by atoms with Gasteiger partial charge >= 0.3 is 0 Å². The summed E-state index contributed by atoms with van der Waals surface area (Å²) in [7, 11) is 0. The molecule has 10 N–H and O–H groups in total. The Morgan fingerprint density at radius 3 is 0.954 bits per heavy atom. The van der Waals surface area contributed by atoms with E-state index in [4.69, 9.17) is 41.5 Å². The molecular formula is C95H110ClN25O5S4. The van der Waals surface area contributed by atoms with E-state index in [2.05, 4.69) is 133 Å². The van der Waals surface area contributed by atoms with Crippen LogP contribution in [0, 0.1) is 51.4 Å². The van der Waals surface area contributed by atoms with E-state index in [1.807, 2.05) is 131 Å². The zero-order valence-corrected chi connectivity index (χ0v) is 77.6. The van der Waals surface area contributed by atoms with Crippen molar-refractivity contribution in [3.8, 4) is 0 Å². The van der Waals surface area contributed by atoms with Gasteiger partial charge in [0.25, 0.3) is 0 Å². The first kappa shape index (κ1) is 90.8. The Morgan fingerprint density at radius 2 is 0.646 bits per heavy atom. The van der Waals surface area contributed by atoms with Crippen LogP contribution in [-0.4, -0.2) is 191 Å². The number of aryl methyl sites for hydroxylation is 4. The van der Waals surface area contributed by atoms with Crippen molar-refractivity contribution in [1.29, 1.82) is 0 Å². The molecule has 0 radical (unpaired) electrons. The van der Waals surface area contributed by atoms with Gasteiger partial charge in [0.1, 0.15) is 69.0 Å². The number of ketones is 4. The number of H-pyrrole nitrogens is 4. The van der Waals surface area contributed by atoms with Gasteiger partial charge in [-0.3, -0.25) is 39.6 Å². The third-order valence-corrected chi connectivity index (χ3v) is 27.4. The van der Waals surface area contributed by atoms with E-state index in [1.54, 1.807) is 17.8 Å². The number of aliphatic hydroxyl groups is 1. The number of piperidine rings is 2. The van der Waals surface area contributed by atoms with Crippen LogP contribution in [0.1, 0.15) is 141 Å². The highest BCUT2D eigenvalue weighted by atomic mass is 35.5. The van der Waals surface area contributed by atoms with Crippen molar-refractivity contribution in [2.75, 3.05) is 101 Å². The minimum Gasteiger partial charge on any atom is -0.393 e. The number of aromatic amines is 4. The van der Waals surface area contributed by atoms with Crippen LogP contribution >= 0.6 is 58.6 Å². The summed E-state index contributed by atoms with van der Waals surface area (Å²) in [6.45, 7) is 17.7. The molecule has 0 amide bonds. The van der Waals surface area contributed by atoms with Gasteiger partial charge in [-0.15, -0.1) is 0 Å². The molecule has 8 aliphatic rings. The first-order valence-corrected chi connectivity index (χ1v) is 48.9. The van der Waals surface area contributed by atoms with Gasteiger partial charge in [0, 0.05) is 192 Å². The molecule has 12 heterocycles. The van der Waals surface area contributed by atoms with Crippen LogP contribution in [0.2, 0.25) is 5.15 Å². The molecule has 4 saturated carbocycles. The molecular weight excluding hydrogens is 1730 g/mol. The Kier molecular flexibility index (Phi) is 30.2. The van der Waals surface area contributed by atoms with E-state index in [1.165, 1.54) is 74.1 Å². The van der Waals surface area contributed by atoms with Gasteiger partial charge in [-0.25, -0.2) is 39.9 Å². The van der Waals surface area contributed by atoms with Crippen molar-refractivity contribution in [3.05, 3.63) is 196 Å². The number of aliphatic hydroxyl groups excluding tert-OH is 1. The van der Waals surface area contributed by atoms with Gasteiger partial charge in [-0.05, 0) is 261 Å². The van der Waals surface area contributed by atoms with Gasteiger partial charge in [-0.2, -0.15) is 20.4 Å². The lowest BCUT2D eigenvalue weighted by Gasteiger charge is -2.37. The summed E-state index contributed by atoms with van der Waals surface area (Å²) in [5, 5.41) is 58.0. The van der Waals surface area contributed by atoms with E-state index in [9.17, 15) is 24.3 Å². The summed E-state index contributed by atoms with van der Waals surface area (Å²) in [6, 6.07) is 48.5. The lowest BCUT2D eigenvalue weighted by atomic mass is 10.0. The number of anilines is 11. The van der Waals surface area contributed by atoms with Gasteiger partial charge < -0.3 is 51.3 Å². The molecule has 30 nitrogen and oxygen atoms in total. The Morgan fingerprint density at radius 1 is 0.346 bits per heavy atom. The minimum absolute atomic E-state index is 0.244. The maximum absolute atomic E-state index is 12.2. The molecule has 20 rings (SSSR count). The molecule has 4 aromatic carbocycles. The Hall–Kier alpha value is -11.1. The molecule has 676 valence electrons. The van der Waals surface area contributed by atoms with Gasteiger partial charge in [-0.1, -0.05) is 60.1 Å². The predicted octanol–water partition coefficient (Wildman–Crippen LogP) is 17.2. The lowest BCUT2D eigenvalue weighted by Crippen LogP contribution is -2.44. The summed E-state index contributed by atoms with van der Waals surface area (Å²) >= 11 is 12.1. The second-order valence-corrected chi connectivity index (χ2v) is 39.3. The van der Waals surface area contributed by atoms with Crippen LogP contribution < -0.4 is 41.3 Å². The number of rotatable bonds is 32. The Labute approximate surface area is 778 Å². The standard InChI is InChI=1S/C28H35N7OS.C24H29N7OS.C24H28N6O2S.C19H18ClN5OS/c1-19-16-26(33-32-19)29-25-18-27(35-14-10-22(11-15-35)34-12-2-3-13-34)31-28(30-25)37-23-8-4-20(5-9-23)17-24(36)21-6-7-21;1-16-13-22(30-29-16)26-21-15-23(31-11-2-9-25-10-12-31)28-24(27-21)33-19-7-3-17(4-8-19)14-20(32)18-5-6-18;1-15-12-22(29-28-15)25-21-14-23(30-10-8-18(31)9-11-30)27-24(26-21)33-19-6-2-16(3-7-19)13-20(32)17-4-5-17;1-11-8-18(25-24-11)22-17-10-16(20)21-19(23-17)27-14-6-2-12(3-7-14)9-15(26)13-4-5-13/h4-5,8-9,16,18,21-22H,2-3,6-7,10-15,17H2,1H3,(H2,29,30,31,32,33);3-4,7-8,13,15,18,25H,2,5-6,9-12,14H2,1H3,(H2,26,27,28,29,30);2-3,6-7,12,14,17-18,31H,4-5,8-11,13H2,1H3,(H2,25,26,27,28,29);2-3,6-8,10,13H,4-5,9H2,1H3,(H2,21,22,23,24,25). The number of benzene rings is 4. The van der Waals surface area contributed by atoms with Crippen molar-refractivity contribution in [1.82, 2.24) is 90.9 Å². The number of likely N-dealkylation sites (tertiary alicyclic amines) is 1. The SMILES string of the molecule is Cc1cc(Nc2cc(Cl)nc(Sc3ccc(CC(=O)C4CC4)cc3)n2)n[nH]1.Cc1cc(Nc2cc(N3CCC(N4CCCC4)CC3)nc(Sc3ccc(CC(=O)C4CC4)cc3)n2)n[nH]1.Cc1cc(Nc2cc(N3CCC(O)CC3)nc(Sc3ccc(CC(=O)C4CC4)cc3)n2)n[nH]1.Cc1cc(Nc2cc(N3CCCNCC3)nc(Sc3ccc(CC(=O)C4CC4)cc3)n2)n[nH]1. The average Bonchev–Trinajstić information content (AvgIpc) is 1.77. The van der Waals surface area contributed by atoms with E-state index in [0.717, 1.165) is 228 Å². The summed E-state index contributed by atoms with van der Waals surface area (Å²) in [5.41, 5.74) is 8.14.